The summed E-state index contributed by atoms with van der Waals surface area (Å²) in [7, 11) is 0. The lowest BCUT2D eigenvalue weighted by Gasteiger charge is -2.12. The number of unbranched alkanes of at least 4 members (excludes halogenated alkanes) is 3. The third-order valence-corrected chi connectivity index (χ3v) is 3.95. The summed E-state index contributed by atoms with van der Waals surface area (Å²) in [5.74, 6) is 0.109. The van der Waals surface area contributed by atoms with E-state index in [1.807, 2.05) is 37.3 Å². The van der Waals surface area contributed by atoms with Crippen LogP contribution in [0, 0.1) is 12.3 Å². The minimum absolute atomic E-state index is 0.408. The predicted molar refractivity (Wildman–Crippen MR) is 98.2 cm³/mol. The number of aryl methyl sites for hydroxylation is 1. The van der Waals surface area contributed by atoms with Crippen molar-refractivity contribution < 1.29 is 9.53 Å². The van der Waals surface area contributed by atoms with Crippen LogP contribution in [0.25, 0.3) is 0 Å². The summed E-state index contributed by atoms with van der Waals surface area (Å²) < 4.78 is 5.44. The van der Waals surface area contributed by atoms with Gasteiger partial charge in [0.1, 0.15) is 5.75 Å². The fraction of sp³-hybridized carbons (Fsp3) is 0.333. The van der Waals surface area contributed by atoms with Gasteiger partial charge in [-0.3, -0.25) is 0 Å². The molecular formula is C21H25NO2. The van der Waals surface area contributed by atoms with Crippen molar-refractivity contribution in [1.82, 2.24) is 0 Å². The van der Waals surface area contributed by atoms with E-state index in [1.165, 1.54) is 12.8 Å². The Morgan fingerprint density at radius 2 is 1.75 bits per heavy atom. The molecule has 0 aliphatic heterocycles. The molecule has 0 bridgehead atoms. The molecule has 0 radical (unpaired) electrons. The Kier molecular flexibility index (Phi) is 6.74. The molecule has 0 atom stereocenters. The van der Waals surface area contributed by atoms with E-state index < -0.39 is 5.97 Å². The summed E-state index contributed by atoms with van der Waals surface area (Å²) in [6.07, 6.45) is 5.15. The van der Waals surface area contributed by atoms with Gasteiger partial charge >= 0.3 is 5.97 Å². The molecule has 3 heteroatoms. The highest BCUT2D eigenvalue weighted by molar-refractivity contribution is 6.08. The molecule has 0 unspecified atom stereocenters. The van der Waals surface area contributed by atoms with Crippen LogP contribution in [-0.2, 0) is 0 Å². The molecule has 2 aromatic rings. The number of hydrogen-bond acceptors (Lipinski definition) is 3. The monoisotopic (exact) mass is 323 g/mol. The van der Waals surface area contributed by atoms with Crippen LogP contribution in [0.4, 0.5) is 0 Å². The first-order valence-corrected chi connectivity index (χ1v) is 8.57. The fourth-order valence-electron chi connectivity index (χ4n) is 2.60. The Labute approximate surface area is 144 Å². The summed E-state index contributed by atoms with van der Waals surface area (Å²) >= 11 is 0. The third kappa shape index (κ3) is 5.05. The fourth-order valence-corrected chi connectivity index (χ4v) is 2.60. The van der Waals surface area contributed by atoms with Gasteiger partial charge in [0.15, 0.2) is 0 Å². The summed E-state index contributed by atoms with van der Waals surface area (Å²) in [6.45, 7) is 4.14. The van der Waals surface area contributed by atoms with Crippen molar-refractivity contribution in [3.63, 3.8) is 0 Å². The topological polar surface area (TPSA) is 50.2 Å². The second-order valence-electron chi connectivity index (χ2n) is 6.04. The lowest BCUT2D eigenvalue weighted by molar-refractivity contribution is 0.0734. The lowest BCUT2D eigenvalue weighted by Crippen LogP contribution is -2.14. The van der Waals surface area contributed by atoms with Crippen molar-refractivity contribution in [3.8, 4) is 5.75 Å². The molecule has 1 N–H and O–H groups in total. The maximum absolute atomic E-state index is 12.5. The average Bonchev–Trinajstić information content (AvgIpc) is 2.59. The van der Waals surface area contributed by atoms with Crippen molar-refractivity contribution in [1.29, 1.82) is 5.41 Å². The van der Waals surface area contributed by atoms with Crippen molar-refractivity contribution in [2.24, 2.45) is 0 Å². The molecule has 0 aromatic heterocycles. The smallest absolute Gasteiger partial charge is 0.344 e. The molecule has 0 saturated heterocycles. The Balaban J connectivity index is 2.14. The van der Waals surface area contributed by atoms with E-state index in [2.05, 4.69) is 6.92 Å². The van der Waals surface area contributed by atoms with Crippen LogP contribution >= 0.6 is 0 Å². The Hall–Kier alpha value is -2.42. The molecule has 2 aromatic carbocycles. The van der Waals surface area contributed by atoms with Gasteiger partial charge in [0.2, 0.25) is 0 Å². The van der Waals surface area contributed by atoms with Gasteiger partial charge in [0.25, 0.3) is 0 Å². The number of rotatable bonds is 8. The Morgan fingerprint density at radius 1 is 1.00 bits per heavy atom. The molecule has 0 fully saturated rings. The summed E-state index contributed by atoms with van der Waals surface area (Å²) in [5.41, 5.74) is 2.70. The lowest BCUT2D eigenvalue weighted by atomic mass is 9.97. The minimum Gasteiger partial charge on any atom is -0.423 e. The molecule has 0 saturated carbocycles. The normalized spacial score (nSPS) is 10.4. The van der Waals surface area contributed by atoms with Crippen LogP contribution in [0.2, 0.25) is 0 Å². The van der Waals surface area contributed by atoms with Crippen molar-refractivity contribution in [2.45, 2.75) is 46.0 Å². The maximum Gasteiger partial charge on any atom is 0.344 e. The van der Waals surface area contributed by atoms with Gasteiger partial charge in [-0.2, -0.15) is 0 Å². The van der Waals surface area contributed by atoms with E-state index >= 15 is 0 Å². The third-order valence-electron chi connectivity index (χ3n) is 3.95. The van der Waals surface area contributed by atoms with Gasteiger partial charge in [0, 0.05) is 11.3 Å². The number of ether oxygens (including phenoxy) is 1. The van der Waals surface area contributed by atoms with Gasteiger partial charge in [-0.1, -0.05) is 56.0 Å². The van der Waals surface area contributed by atoms with Gasteiger partial charge in [-0.15, -0.1) is 0 Å². The first kappa shape index (κ1) is 17.9. The molecule has 2 rings (SSSR count). The number of para-hydroxylation sites is 1. The SMILES string of the molecule is CCCCCCC(=N)c1cc(C)ccc1C(=O)Oc1ccccc1. The van der Waals surface area contributed by atoms with Gasteiger partial charge < -0.3 is 10.1 Å². The maximum atomic E-state index is 12.5. The molecule has 126 valence electrons. The minimum atomic E-state index is -0.408. The number of nitrogens with one attached hydrogen (secondary N) is 1. The first-order valence-electron chi connectivity index (χ1n) is 8.57. The molecule has 0 aliphatic carbocycles. The van der Waals surface area contributed by atoms with E-state index in [0.717, 1.165) is 18.4 Å². The average molecular weight is 323 g/mol. The zero-order valence-corrected chi connectivity index (χ0v) is 14.5. The number of carbonyl (C=O) groups is 1. The van der Waals surface area contributed by atoms with E-state index in [1.54, 1.807) is 18.2 Å². The van der Waals surface area contributed by atoms with Gasteiger partial charge in [-0.25, -0.2) is 4.79 Å². The highest BCUT2D eigenvalue weighted by Crippen LogP contribution is 2.19. The van der Waals surface area contributed by atoms with Crippen molar-refractivity contribution >= 4 is 11.7 Å². The number of benzene rings is 2. The van der Waals surface area contributed by atoms with E-state index in [-0.39, 0.29) is 0 Å². The number of esters is 1. The zero-order chi connectivity index (χ0) is 17.4. The Bertz CT molecular complexity index is 692. The molecule has 0 spiro atoms. The summed E-state index contributed by atoms with van der Waals surface area (Å²) in [4.78, 5) is 12.5. The highest BCUT2D eigenvalue weighted by atomic mass is 16.5. The van der Waals surface area contributed by atoms with E-state index in [9.17, 15) is 4.79 Å². The van der Waals surface area contributed by atoms with Gasteiger partial charge in [0.05, 0.1) is 5.56 Å². The first-order chi connectivity index (χ1) is 11.6. The largest absolute Gasteiger partial charge is 0.423 e. The summed E-state index contributed by atoms with van der Waals surface area (Å²) in [5, 5.41) is 8.37. The zero-order valence-electron chi connectivity index (χ0n) is 14.5. The van der Waals surface area contributed by atoms with Crippen LogP contribution in [-0.4, -0.2) is 11.7 Å². The molecule has 0 amide bonds. The second-order valence-corrected chi connectivity index (χ2v) is 6.04. The van der Waals surface area contributed by atoms with Crippen molar-refractivity contribution in [2.75, 3.05) is 0 Å². The molecule has 24 heavy (non-hydrogen) atoms. The number of hydrogen-bond donors (Lipinski definition) is 1. The standard InChI is InChI=1S/C21H25NO2/c1-3-4-5-9-12-20(22)19-15-16(2)13-14-18(19)21(23)24-17-10-7-6-8-11-17/h6-8,10-11,13-15,22H,3-5,9,12H2,1-2H3. The molecular weight excluding hydrogens is 298 g/mol. The van der Waals surface area contributed by atoms with Gasteiger partial charge in [-0.05, 0) is 44.0 Å². The van der Waals surface area contributed by atoms with Crippen LogP contribution in [0.1, 0.15) is 60.5 Å². The quantitative estimate of drug-likeness (QED) is 0.299. The second kappa shape index (κ2) is 9.02. The van der Waals surface area contributed by atoms with E-state index in [0.29, 0.717) is 29.0 Å². The van der Waals surface area contributed by atoms with Crippen LogP contribution in [0.3, 0.4) is 0 Å². The van der Waals surface area contributed by atoms with Crippen LogP contribution in [0.5, 0.6) is 5.75 Å². The molecule has 0 aliphatic rings. The van der Waals surface area contributed by atoms with Crippen molar-refractivity contribution in [3.05, 3.63) is 65.2 Å². The van der Waals surface area contributed by atoms with Crippen LogP contribution < -0.4 is 4.74 Å². The summed E-state index contributed by atoms with van der Waals surface area (Å²) in [6, 6.07) is 14.6. The predicted octanol–water partition coefficient (Wildman–Crippen LogP) is 5.55. The van der Waals surface area contributed by atoms with E-state index in [4.69, 9.17) is 10.1 Å². The van der Waals surface area contributed by atoms with Crippen LogP contribution in [0.15, 0.2) is 48.5 Å². The Morgan fingerprint density at radius 3 is 2.46 bits per heavy atom. The highest BCUT2D eigenvalue weighted by Gasteiger charge is 2.16. The number of carbonyl (C=O) groups excluding carboxylic acids is 1. The molecule has 3 nitrogen and oxygen atoms in total. The molecule has 0 heterocycles.